The second-order valence-electron chi connectivity index (χ2n) is 6.60. The number of carbonyl (C=O) groups is 1. The molecule has 7 nitrogen and oxygen atoms in total. The number of nitrogens with zero attached hydrogens (tertiary/aromatic N) is 2. The minimum atomic E-state index is -2.64. The molecule has 4 aromatic rings. The van der Waals surface area contributed by atoms with Crippen molar-refractivity contribution in [2.45, 2.75) is 19.9 Å². The average Bonchev–Trinajstić information content (AvgIpc) is 2.96. The first kappa shape index (κ1) is 20.3. The maximum Gasteiger partial charge on any atom is 0.351 e. The second-order valence-corrected chi connectivity index (χ2v) is 7.85. The number of fused-ring (bicyclic) bond motifs is 2. The van der Waals surface area contributed by atoms with Crippen molar-refractivity contribution >= 4 is 62.2 Å². The third kappa shape index (κ3) is 3.62. The Balaban J connectivity index is 1.96. The number of rotatable bonds is 5. The fourth-order valence-electron chi connectivity index (χ4n) is 3.33. The van der Waals surface area contributed by atoms with E-state index in [1.165, 1.54) is 23.6 Å². The summed E-state index contributed by atoms with van der Waals surface area (Å²) in [6.07, 6.45) is -2.64. The van der Waals surface area contributed by atoms with Crippen LogP contribution >= 0.6 is 22.6 Å². The zero-order chi connectivity index (χ0) is 21.6. The average molecular weight is 525 g/mol. The van der Waals surface area contributed by atoms with E-state index in [1.54, 1.807) is 6.07 Å². The van der Waals surface area contributed by atoms with Gasteiger partial charge in [0.1, 0.15) is 11.1 Å². The highest BCUT2D eigenvalue weighted by atomic mass is 127. The molecule has 2 N–H and O–H groups in total. The van der Waals surface area contributed by atoms with E-state index in [4.69, 9.17) is 4.42 Å². The fourth-order valence-corrected chi connectivity index (χ4v) is 3.87. The van der Waals surface area contributed by atoms with Crippen LogP contribution in [0.1, 0.15) is 15.9 Å². The van der Waals surface area contributed by atoms with Gasteiger partial charge in [-0.25, -0.2) is 23.4 Å². The van der Waals surface area contributed by atoms with Gasteiger partial charge in [-0.1, -0.05) is 6.07 Å². The van der Waals surface area contributed by atoms with E-state index in [0.29, 0.717) is 22.1 Å². The SMILES string of the molecule is Cc1c(C(=O)O)c(=O)oc2cc3c(cc12)nc(Nc1cccc(I)c1)n3CC(F)F. The Morgan fingerprint density at radius 2 is 2.10 bits per heavy atom. The molecule has 0 bridgehead atoms. The maximum atomic E-state index is 13.3. The molecule has 0 aliphatic rings. The Bertz CT molecular complexity index is 1360. The van der Waals surface area contributed by atoms with Crippen LogP contribution < -0.4 is 10.9 Å². The standard InChI is InChI=1S/C20H14F2IN3O4/c1-9-12-6-13-14(7-15(12)30-19(29)17(9)18(27)28)26(8-16(21)22)20(25-13)24-11-4-2-3-10(23)5-11/h2-7,16H,8H2,1H3,(H,24,25)(H,27,28). The first-order valence-corrected chi connectivity index (χ1v) is 9.84. The highest BCUT2D eigenvalue weighted by molar-refractivity contribution is 14.1. The lowest BCUT2D eigenvalue weighted by Crippen LogP contribution is -2.15. The lowest BCUT2D eigenvalue weighted by Gasteiger charge is -2.11. The third-order valence-corrected chi connectivity index (χ3v) is 5.32. The summed E-state index contributed by atoms with van der Waals surface area (Å²) in [5.74, 6) is -1.20. The molecule has 0 saturated heterocycles. The van der Waals surface area contributed by atoms with E-state index < -0.39 is 30.1 Å². The molecule has 0 atom stereocenters. The van der Waals surface area contributed by atoms with Gasteiger partial charge in [0, 0.05) is 20.7 Å². The van der Waals surface area contributed by atoms with Crippen LogP contribution in [0.3, 0.4) is 0 Å². The van der Waals surface area contributed by atoms with Crippen molar-refractivity contribution < 1.29 is 23.1 Å². The molecule has 0 spiro atoms. The van der Waals surface area contributed by atoms with Crippen LogP contribution in [0.4, 0.5) is 20.4 Å². The first-order valence-electron chi connectivity index (χ1n) is 8.76. The van der Waals surface area contributed by atoms with E-state index in [9.17, 15) is 23.5 Å². The van der Waals surface area contributed by atoms with Gasteiger partial charge in [-0.2, -0.15) is 0 Å². The zero-order valence-corrected chi connectivity index (χ0v) is 17.6. The van der Waals surface area contributed by atoms with E-state index in [-0.39, 0.29) is 17.1 Å². The fraction of sp³-hybridized carbons (Fsp3) is 0.150. The number of aryl methyl sites for hydroxylation is 1. The zero-order valence-electron chi connectivity index (χ0n) is 15.4. The summed E-state index contributed by atoms with van der Waals surface area (Å²) >= 11 is 2.14. The topological polar surface area (TPSA) is 97.4 Å². The van der Waals surface area contributed by atoms with Gasteiger partial charge in [0.2, 0.25) is 5.95 Å². The summed E-state index contributed by atoms with van der Waals surface area (Å²) in [7, 11) is 0. The van der Waals surface area contributed by atoms with Crippen LogP contribution in [0.2, 0.25) is 0 Å². The molecule has 0 saturated carbocycles. The molecule has 0 unspecified atom stereocenters. The number of halogens is 3. The van der Waals surface area contributed by atoms with Crippen LogP contribution in [0.15, 0.2) is 45.6 Å². The summed E-state index contributed by atoms with van der Waals surface area (Å²) in [5.41, 5.74) is 0.242. The summed E-state index contributed by atoms with van der Waals surface area (Å²) in [4.78, 5) is 27.9. The Hall–Kier alpha value is -3.02. The Kier molecular flexibility index (Phi) is 5.18. The summed E-state index contributed by atoms with van der Waals surface area (Å²) in [6.45, 7) is 0.875. The summed E-state index contributed by atoms with van der Waals surface area (Å²) < 4.78 is 34.0. The van der Waals surface area contributed by atoms with Crippen molar-refractivity contribution in [2.75, 3.05) is 5.32 Å². The predicted octanol–water partition coefficient (Wildman–Crippen LogP) is 4.76. The van der Waals surface area contributed by atoms with Gasteiger partial charge in [0.25, 0.3) is 6.43 Å². The Morgan fingerprint density at radius 3 is 2.77 bits per heavy atom. The lowest BCUT2D eigenvalue weighted by molar-refractivity contribution is 0.0691. The molecule has 30 heavy (non-hydrogen) atoms. The molecule has 154 valence electrons. The monoisotopic (exact) mass is 525 g/mol. The molecule has 0 aliphatic carbocycles. The van der Waals surface area contributed by atoms with E-state index in [2.05, 4.69) is 32.9 Å². The van der Waals surface area contributed by atoms with Gasteiger partial charge in [-0.05, 0) is 59.3 Å². The van der Waals surface area contributed by atoms with Crippen molar-refractivity contribution in [3.05, 3.63) is 61.5 Å². The molecule has 10 heteroatoms. The molecule has 0 amide bonds. The molecule has 2 aromatic heterocycles. The summed E-state index contributed by atoms with van der Waals surface area (Å²) in [6, 6.07) is 10.3. The molecular formula is C20H14F2IN3O4. The quantitative estimate of drug-likeness (QED) is 0.288. The number of carboxylic acids is 1. The minimum Gasteiger partial charge on any atom is -0.477 e. The van der Waals surface area contributed by atoms with Gasteiger partial charge in [-0.3, -0.25) is 0 Å². The van der Waals surface area contributed by atoms with Crippen LogP contribution in [0.25, 0.3) is 22.0 Å². The van der Waals surface area contributed by atoms with E-state index in [1.807, 2.05) is 18.2 Å². The number of hydrogen-bond donors (Lipinski definition) is 2. The highest BCUT2D eigenvalue weighted by Crippen LogP contribution is 2.30. The van der Waals surface area contributed by atoms with Crippen LogP contribution in [-0.2, 0) is 6.54 Å². The number of nitrogens with one attached hydrogen (secondary N) is 1. The molecule has 0 radical (unpaired) electrons. The minimum absolute atomic E-state index is 0.103. The number of aromatic nitrogens is 2. The molecule has 0 aliphatic heterocycles. The number of anilines is 2. The number of carboxylic acid groups (broad SMARTS) is 1. The van der Waals surface area contributed by atoms with Crippen molar-refractivity contribution in [3.63, 3.8) is 0 Å². The van der Waals surface area contributed by atoms with Crippen molar-refractivity contribution in [2.24, 2.45) is 0 Å². The summed E-state index contributed by atoms with van der Waals surface area (Å²) in [5, 5.41) is 12.7. The second kappa shape index (κ2) is 7.67. The number of imidazole rings is 1. The smallest absolute Gasteiger partial charge is 0.351 e. The van der Waals surface area contributed by atoms with Gasteiger partial charge in [-0.15, -0.1) is 0 Å². The van der Waals surface area contributed by atoms with Crippen molar-refractivity contribution in [1.29, 1.82) is 0 Å². The number of alkyl halides is 2. The highest BCUT2D eigenvalue weighted by Gasteiger charge is 2.21. The van der Waals surface area contributed by atoms with E-state index in [0.717, 1.165) is 3.57 Å². The number of aromatic carboxylic acids is 1. The van der Waals surface area contributed by atoms with Crippen LogP contribution in [0, 0.1) is 10.5 Å². The first-order chi connectivity index (χ1) is 14.2. The molecule has 2 heterocycles. The maximum absolute atomic E-state index is 13.3. The van der Waals surface area contributed by atoms with E-state index >= 15 is 0 Å². The van der Waals surface area contributed by atoms with Gasteiger partial charge in [0.05, 0.1) is 17.6 Å². The largest absolute Gasteiger partial charge is 0.477 e. The molecule has 4 rings (SSSR count). The molecule has 2 aromatic carbocycles. The third-order valence-electron chi connectivity index (χ3n) is 4.65. The van der Waals surface area contributed by atoms with Gasteiger partial charge in [0.15, 0.2) is 0 Å². The van der Waals surface area contributed by atoms with Crippen molar-refractivity contribution in [1.82, 2.24) is 9.55 Å². The van der Waals surface area contributed by atoms with Crippen molar-refractivity contribution in [3.8, 4) is 0 Å². The molecule has 0 fully saturated rings. The van der Waals surface area contributed by atoms with Gasteiger partial charge < -0.3 is 19.4 Å². The molecular weight excluding hydrogens is 511 g/mol. The Morgan fingerprint density at radius 1 is 1.33 bits per heavy atom. The van der Waals surface area contributed by atoms with Gasteiger partial charge >= 0.3 is 11.6 Å². The number of benzene rings is 2. The predicted molar refractivity (Wildman–Crippen MR) is 116 cm³/mol. The van der Waals surface area contributed by atoms with Crippen LogP contribution in [-0.4, -0.2) is 27.1 Å². The normalized spacial score (nSPS) is 11.5. The number of hydrogen-bond acceptors (Lipinski definition) is 5. The Labute approximate surface area is 181 Å². The lowest BCUT2D eigenvalue weighted by atomic mass is 10.1. The van der Waals surface area contributed by atoms with Crippen LogP contribution in [0.5, 0.6) is 0 Å².